The van der Waals surface area contributed by atoms with E-state index in [-0.39, 0.29) is 0 Å². The zero-order valence-electron chi connectivity index (χ0n) is 14.1. The Morgan fingerprint density at radius 3 is 2.08 bits per heavy atom. The van der Waals surface area contributed by atoms with Crippen molar-refractivity contribution in [3.05, 3.63) is 83.4 Å². The molecule has 3 aromatic carbocycles. The largest absolute Gasteiger partial charge is 0.309 e. The Morgan fingerprint density at radius 2 is 1.40 bits per heavy atom. The van der Waals surface area contributed by atoms with Crippen molar-refractivity contribution < 1.29 is 0 Å². The van der Waals surface area contributed by atoms with Crippen LogP contribution in [-0.4, -0.2) is 4.57 Å². The Hall–Kier alpha value is -2.80. The first-order valence-corrected chi connectivity index (χ1v) is 9.21. The third kappa shape index (κ3) is 1.90. The number of hydrogen-bond acceptors (Lipinski definition) is 0. The summed E-state index contributed by atoms with van der Waals surface area (Å²) in [4.78, 5) is 0. The van der Waals surface area contributed by atoms with Crippen LogP contribution in [0, 0.1) is 5.92 Å². The summed E-state index contributed by atoms with van der Waals surface area (Å²) in [7, 11) is 0. The van der Waals surface area contributed by atoms with E-state index in [9.17, 15) is 0 Å². The van der Waals surface area contributed by atoms with E-state index in [0.717, 1.165) is 12.3 Å². The zero-order chi connectivity index (χ0) is 16.4. The molecule has 1 aromatic heterocycles. The van der Waals surface area contributed by atoms with Crippen LogP contribution < -0.4 is 0 Å². The van der Waals surface area contributed by atoms with Gasteiger partial charge in [-0.15, -0.1) is 0 Å². The summed E-state index contributed by atoms with van der Waals surface area (Å²) < 4.78 is 2.45. The first kappa shape index (κ1) is 13.5. The standard InChI is InChI=1S/C24H19N/c1-3-9-22-19(7-1)20-8-2-4-10-23(20)25(22)24-11-5-6-17-14-18(15-21(17)24)16-12-13-16/h1-11,15-16H,12-14H2. The number of rotatable bonds is 2. The van der Waals surface area contributed by atoms with Gasteiger partial charge in [0.15, 0.2) is 0 Å². The minimum absolute atomic E-state index is 0.846. The van der Waals surface area contributed by atoms with Crippen LogP contribution in [0.3, 0.4) is 0 Å². The monoisotopic (exact) mass is 321 g/mol. The number of allylic oxidation sites excluding steroid dienone is 1. The maximum atomic E-state index is 2.48. The van der Waals surface area contributed by atoms with Crippen molar-refractivity contribution in [2.75, 3.05) is 0 Å². The summed E-state index contributed by atoms with van der Waals surface area (Å²) in [5.41, 5.74) is 8.47. The molecule has 1 fully saturated rings. The fraction of sp³-hybridized carbons (Fsp3) is 0.167. The molecule has 0 radical (unpaired) electrons. The van der Waals surface area contributed by atoms with Gasteiger partial charge >= 0.3 is 0 Å². The van der Waals surface area contributed by atoms with Gasteiger partial charge in [0.1, 0.15) is 0 Å². The van der Waals surface area contributed by atoms with Crippen molar-refractivity contribution in [3.8, 4) is 5.69 Å². The molecule has 0 atom stereocenters. The highest BCUT2D eigenvalue weighted by molar-refractivity contribution is 6.09. The van der Waals surface area contributed by atoms with Crippen LogP contribution in [0.2, 0.25) is 0 Å². The molecule has 25 heavy (non-hydrogen) atoms. The molecule has 1 saturated carbocycles. The third-order valence-corrected chi connectivity index (χ3v) is 5.82. The average molecular weight is 321 g/mol. The average Bonchev–Trinajstić information content (AvgIpc) is 3.33. The molecule has 1 heteroatoms. The van der Waals surface area contributed by atoms with E-state index >= 15 is 0 Å². The molecule has 2 aliphatic carbocycles. The number of benzene rings is 3. The van der Waals surface area contributed by atoms with Gasteiger partial charge in [-0.05, 0) is 48.9 Å². The highest BCUT2D eigenvalue weighted by Crippen LogP contribution is 2.44. The molecule has 0 saturated heterocycles. The summed E-state index contributed by atoms with van der Waals surface area (Å²) >= 11 is 0. The van der Waals surface area contributed by atoms with E-state index in [1.165, 1.54) is 51.5 Å². The van der Waals surface area contributed by atoms with E-state index in [1.807, 2.05) is 0 Å². The number of hydrogen-bond donors (Lipinski definition) is 0. The van der Waals surface area contributed by atoms with Gasteiger partial charge in [-0.3, -0.25) is 0 Å². The van der Waals surface area contributed by atoms with Gasteiger partial charge in [0.25, 0.3) is 0 Å². The van der Waals surface area contributed by atoms with Crippen molar-refractivity contribution in [3.63, 3.8) is 0 Å². The van der Waals surface area contributed by atoms with Crippen molar-refractivity contribution in [1.29, 1.82) is 0 Å². The molecular formula is C24H19N. The molecule has 2 aliphatic rings. The Morgan fingerprint density at radius 1 is 0.720 bits per heavy atom. The SMILES string of the molecule is C1=C(C2CC2)Cc2cccc(-n3c4ccccc4c4ccccc43)c21. The molecule has 0 spiro atoms. The second-order valence-corrected chi connectivity index (χ2v) is 7.39. The van der Waals surface area contributed by atoms with Crippen molar-refractivity contribution >= 4 is 27.9 Å². The molecule has 0 bridgehead atoms. The number of nitrogens with zero attached hydrogens (tertiary/aromatic N) is 1. The van der Waals surface area contributed by atoms with Crippen LogP contribution in [0.4, 0.5) is 0 Å². The fourth-order valence-electron chi connectivity index (χ4n) is 4.47. The van der Waals surface area contributed by atoms with Gasteiger partial charge in [-0.25, -0.2) is 0 Å². The predicted molar refractivity (Wildman–Crippen MR) is 105 cm³/mol. The minimum atomic E-state index is 0.846. The molecular weight excluding hydrogens is 302 g/mol. The lowest BCUT2D eigenvalue weighted by Crippen LogP contribution is -1.98. The second-order valence-electron chi connectivity index (χ2n) is 7.39. The molecule has 0 unspecified atom stereocenters. The lowest BCUT2D eigenvalue weighted by atomic mass is 10.1. The van der Waals surface area contributed by atoms with Crippen LogP contribution in [0.1, 0.15) is 24.0 Å². The van der Waals surface area contributed by atoms with E-state index in [1.54, 1.807) is 5.57 Å². The molecule has 120 valence electrons. The molecule has 4 aromatic rings. The summed E-state index contributed by atoms with van der Waals surface area (Å²) in [6.45, 7) is 0. The van der Waals surface area contributed by atoms with Gasteiger partial charge in [0, 0.05) is 16.3 Å². The summed E-state index contributed by atoms with van der Waals surface area (Å²) in [5, 5.41) is 2.67. The van der Waals surface area contributed by atoms with Crippen LogP contribution in [0.15, 0.2) is 72.3 Å². The number of aromatic nitrogens is 1. The summed E-state index contributed by atoms with van der Waals surface area (Å²) in [6, 6.07) is 24.3. The number of fused-ring (bicyclic) bond motifs is 4. The van der Waals surface area contributed by atoms with E-state index in [4.69, 9.17) is 0 Å². The maximum absolute atomic E-state index is 2.48. The minimum Gasteiger partial charge on any atom is -0.309 e. The second kappa shape index (κ2) is 4.86. The fourth-order valence-corrected chi connectivity index (χ4v) is 4.47. The molecule has 6 rings (SSSR count). The van der Waals surface area contributed by atoms with Crippen molar-refractivity contribution in [2.45, 2.75) is 19.3 Å². The molecule has 1 heterocycles. The van der Waals surface area contributed by atoms with E-state index < -0.39 is 0 Å². The highest BCUT2D eigenvalue weighted by Gasteiger charge is 2.30. The lowest BCUT2D eigenvalue weighted by molar-refractivity contribution is 0.962. The van der Waals surface area contributed by atoms with Crippen LogP contribution in [0.5, 0.6) is 0 Å². The van der Waals surface area contributed by atoms with Gasteiger partial charge in [0.2, 0.25) is 0 Å². The number of para-hydroxylation sites is 2. The first-order chi connectivity index (χ1) is 12.4. The van der Waals surface area contributed by atoms with Crippen LogP contribution in [0.25, 0.3) is 33.6 Å². The quantitative estimate of drug-likeness (QED) is 0.418. The molecule has 0 amide bonds. The molecule has 1 nitrogen and oxygen atoms in total. The van der Waals surface area contributed by atoms with Gasteiger partial charge in [-0.1, -0.05) is 60.2 Å². The summed E-state index contributed by atoms with van der Waals surface area (Å²) in [5.74, 6) is 0.846. The predicted octanol–water partition coefficient (Wildman–Crippen LogP) is 6.13. The van der Waals surface area contributed by atoms with Gasteiger partial charge < -0.3 is 4.57 Å². The van der Waals surface area contributed by atoms with Crippen molar-refractivity contribution in [2.24, 2.45) is 5.92 Å². The van der Waals surface area contributed by atoms with E-state index in [0.29, 0.717) is 0 Å². The van der Waals surface area contributed by atoms with Crippen LogP contribution >= 0.6 is 0 Å². The first-order valence-electron chi connectivity index (χ1n) is 9.21. The van der Waals surface area contributed by atoms with Crippen LogP contribution in [-0.2, 0) is 6.42 Å². The topological polar surface area (TPSA) is 4.93 Å². The van der Waals surface area contributed by atoms with E-state index in [2.05, 4.69) is 77.4 Å². The normalized spacial score (nSPS) is 16.4. The zero-order valence-corrected chi connectivity index (χ0v) is 14.1. The van der Waals surface area contributed by atoms with Gasteiger partial charge in [-0.2, -0.15) is 0 Å². The summed E-state index contributed by atoms with van der Waals surface area (Å²) in [6.07, 6.45) is 6.38. The Kier molecular flexibility index (Phi) is 2.62. The Bertz CT molecular complexity index is 1120. The molecule has 0 N–H and O–H groups in total. The lowest BCUT2D eigenvalue weighted by Gasteiger charge is -2.12. The maximum Gasteiger partial charge on any atom is 0.0541 e. The van der Waals surface area contributed by atoms with Crippen molar-refractivity contribution in [1.82, 2.24) is 4.57 Å². The third-order valence-electron chi connectivity index (χ3n) is 5.82. The van der Waals surface area contributed by atoms with Gasteiger partial charge in [0.05, 0.1) is 16.7 Å². The Labute approximate surface area is 147 Å². The Balaban J connectivity index is 1.70. The highest BCUT2D eigenvalue weighted by atomic mass is 15.0. The molecule has 0 aliphatic heterocycles. The smallest absolute Gasteiger partial charge is 0.0541 e.